The van der Waals surface area contributed by atoms with Crippen LogP contribution < -0.4 is 0 Å². The first-order valence-corrected chi connectivity index (χ1v) is 9.47. The van der Waals surface area contributed by atoms with Crippen LogP contribution >= 0.6 is 11.8 Å². The number of amides is 1. The fourth-order valence-electron chi connectivity index (χ4n) is 2.48. The molecule has 1 amide bonds. The highest BCUT2D eigenvalue weighted by Gasteiger charge is 2.20. The molecule has 26 heavy (non-hydrogen) atoms. The molecule has 5 nitrogen and oxygen atoms in total. The van der Waals surface area contributed by atoms with Gasteiger partial charge in [0.15, 0.2) is 0 Å². The number of thioether (sulfide) groups is 1. The molecule has 0 spiro atoms. The number of benzene rings is 2. The molecule has 0 aliphatic carbocycles. The van der Waals surface area contributed by atoms with Gasteiger partial charge in [-0.1, -0.05) is 65.8 Å². The molecule has 1 aromatic heterocycles. The van der Waals surface area contributed by atoms with Gasteiger partial charge >= 0.3 is 0 Å². The van der Waals surface area contributed by atoms with E-state index in [2.05, 4.69) is 22.3 Å². The van der Waals surface area contributed by atoms with Gasteiger partial charge < -0.3 is 9.42 Å². The number of rotatable bonds is 7. The van der Waals surface area contributed by atoms with Crippen LogP contribution in [0.15, 0.2) is 65.2 Å². The Hall–Kier alpha value is -2.60. The van der Waals surface area contributed by atoms with E-state index < -0.39 is 0 Å². The summed E-state index contributed by atoms with van der Waals surface area (Å²) in [7, 11) is 1.76. The lowest BCUT2D eigenvalue weighted by Gasteiger charge is -2.19. The Kier molecular flexibility index (Phi) is 6.07. The molecule has 1 heterocycles. The summed E-state index contributed by atoms with van der Waals surface area (Å²) in [4.78, 5) is 18.6. The van der Waals surface area contributed by atoms with Crippen LogP contribution in [0.25, 0.3) is 11.4 Å². The zero-order valence-electron chi connectivity index (χ0n) is 14.8. The Morgan fingerprint density at radius 1 is 1.12 bits per heavy atom. The molecule has 0 radical (unpaired) electrons. The lowest BCUT2D eigenvalue weighted by atomic mass is 10.2. The number of carbonyl (C=O) groups excluding carboxylic acids is 1. The highest BCUT2D eigenvalue weighted by atomic mass is 32.2. The van der Waals surface area contributed by atoms with Crippen LogP contribution in [0.1, 0.15) is 18.4 Å². The van der Waals surface area contributed by atoms with Crippen molar-refractivity contribution in [3.05, 3.63) is 72.1 Å². The monoisotopic (exact) mass is 367 g/mol. The number of hydrogen-bond donors (Lipinski definition) is 0. The summed E-state index contributed by atoms with van der Waals surface area (Å²) < 4.78 is 5.29. The zero-order chi connectivity index (χ0) is 18.4. The van der Waals surface area contributed by atoms with Gasteiger partial charge in [-0.25, -0.2) is 0 Å². The topological polar surface area (TPSA) is 59.2 Å². The normalized spacial score (nSPS) is 11.9. The molecule has 3 aromatic rings. The molecular formula is C20H21N3O2S. The van der Waals surface area contributed by atoms with Gasteiger partial charge in [-0.2, -0.15) is 4.98 Å². The van der Waals surface area contributed by atoms with Gasteiger partial charge in [-0.15, -0.1) is 11.8 Å². The Morgan fingerprint density at radius 2 is 1.77 bits per heavy atom. The van der Waals surface area contributed by atoms with E-state index in [1.165, 1.54) is 5.56 Å². The number of hydrogen-bond acceptors (Lipinski definition) is 5. The minimum Gasteiger partial charge on any atom is -0.337 e. The van der Waals surface area contributed by atoms with Gasteiger partial charge in [-0.05, 0) is 12.5 Å². The van der Waals surface area contributed by atoms with Crippen LogP contribution in [0.5, 0.6) is 0 Å². The lowest BCUT2D eigenvalue weighted by Crippen LogP contribution is -2.33. The second-order valence-electron chi connectivity index (χ2n) is 6.01. The van der Waals surface area contributed by atoms with Gasteiger partial charge in [-0.3, -0.25) is 4.79 Å². The highest BCUT2D eigenvalue weighted by molar-refractivity contribution is 7.99. The standard InChI is InChI=1S/C20H21N3O2S/c1-15(26-14-16-9-5-3-6-10-16)20(24)23(2)13-18-21-19(22-25-18)17-11-7-4-8-12-17/h3-12,15H,13-14H2,1-2H3/t15-/m0/s1. The smallest absolute Gasteiger partial charge is 0.246 e. The third kappa shape index (κ3) is 4.73. The number of nitrogens with zero attached hydrogens (tertiary/aromatic N) is 3. The van der Waals surface area contributed by atoms with Crippen molar-refractivity contribution in [3.8, 4) is 11.4 Å². The molecule has 6 heteroatoms. The molecule has 0 fully saturated rings. The van der Waals surface area contributed by atoms with Crippen LogP contribution in [0.4, 0.5) is 0 Å². The maximum atomic E-state index is 12.6. The largest absolute Gasteiger partial charge is 0.337 e. The van der Waals surface area contributed by atoms with Crippen molar-refractivity contribution < 1.29 is 9.32 Å². The van der Waals surface area contributed by atoms with Crippen molar-refractivity contribution in [2.45, 2.75) is 24.5 Å². The Balaban J connectivity index is 1.54. The van der Waals surface area contributed by atoms with Crippen molar-refractivity contribution in [1.29, 1.82) is 0 Å². The second kappa shape index (κ2) is 8.67. The molecule has 3 rings (SSSR count). The first-order chi connectivity index (χ1) is 12.6. The average Bonchev–Trinajstić information content (AvgIpc) is 3.15. The molecule has 134 valence electrons. The predicted octanol–water partition coefficient (Wildman–Crippen LogP) is 4.02. The van der Waals surface area contributed by atoms with Gasteiger partial charge in [0.25, 0.3) is 0 Å². The first-order valence-electron chi connectivity index (χ1n) is 8.42. The van der Waals surface area contributed by atoms with E-state index in [1.807, 2.05) is 55.5 Å². The van der Waals surface area contributed by atoms with Crippen LogP contribution in [-0.4, -0.2) is 33.2 Å². The molecule has 0 saturated carbocycles. The predicted molar refractivity (Wildman–Crippen MR) is 103 cm³/mol. The van der Waals surface area contributed by atoms with Gasteiger partial charge in [0.1, 0.15) is 0 Å². The van der Waals surface area contributed by atoms with E-state index in [0.717, 1.165) is 11.3 Å². The Bertz CT molecular complexity index is 837. The fourth-order valence-corrected chi connectivity index (χ4v) is 3.44. The summed E-state index contributed by atoms with van der Waals surface area (Å²) in [6, 6.07) is 19.8. The lowest BCUT2D eigenvalue weighted by molar-refractivity contribution is -0.129. The van der Waals surface area contributed by atoms with Crippen molar-refractivity contribution in [2.75, 3.05) is 7.05 Å². The minimum atomic E-state index is -0.142. The van der Waals surface area contributed by atoms with E-state index in [0.29, 0.717) is 18.3 Å². The quantitative estimate of drug-likeness (QED) is 0.631. The summed E-state index contributed by atoms with van der Waals surface area (Å²) in [6.07, 6.45) is 0. The van der Waals surface area contributed by atoms with Crippen LogP contribution in [-0.2, 0) is 17.1 Å². The van der Waals surface area contributed by atoms with Gasteiger partial charge in [0.2, 0.25) is 17.6 Å². The highest BCUT2D eigenvalue weighted by Crippen LogP contribution is 2.20. The maximum Gasteiger partial charge on any atom is 0.246 e. The molecule has 0 aliphatic rings. The van der Waals surface area contributed by atoms with E-state index >= 15 is 0 Å². The second-order valence-corrected chi connectivity index (χ2v) is 7.34. The number of aromatic nitrogens is 2. The van der Waals surface area contributed by atoms with E-state index in [9.17, 15) is 4.79 Å². The molecule has 1 atom stereocenters. The summed E-state index contributed by atoms with van der Waals surface area (Å²) in [5, 5.41) is 3.85. The SMILES string of the molecule is C[C@H](SCc1ccccc1)C(=O)N(C)Cc1nc(-c2ccccc2)no1. The fraction of sp³-hybridized carbons (Fsp3) is 0.250. The summed E-state index contributed by atoms with van der Waals surface area (Å²) in [5.41, 5.74) is 2.10. The molecule has 0 bridgehead atoms. The Labute approximate surface area is 157 Å². The zero-order valence-corrected chi connectivity index (χ0v) is 15.6. The summed E-state index contributed by atoms with van der Waals surface area (Å²) >= 11 is 1.62. The van der Waals surface area contributed by atoms with E-state index in [-0.39, 0.29) is 11.2 Å². The molecule has 0 saturated heterocycles. The van der Waals surface area contributed by atoms with E-state index in [1.54, 1.807) is 23.7 Å². The summed E-state index contributed by atoms with van der Waals surface area (Å²) in [5.74, 6) is 1.82. The molecule has 0 unspecified atom stereocenters. The van der Waals surface area contributed by atoms with Gasteiger partial charge in [0.05, 0.1) is 11.8 Å². The molecule has 0 aliphatic heterocycles. The van der Waals surface area contributed by atoms with E-state index in [4.69, 9.17) is 4.52 Å². The van der Waals surface area contributed by atoms with Crippen LogP contribution in [0, 0.1) is 0 Å². The molecular weight excluding hydrogens is 346 g/mol. The number of carbonyl (C=O) groups is 1. The average molecular weight is 367 g/mol. The Morgan fingerprint density at radius 3 is 2.46 bits per heavy atom. The van der Waals surface area contributed by atoms with Crippen molar-refractivity contribution in [1.82, 2.24) is 15.0 Å². The van der Waals surface area contributed by atoms with Crippen LogP contribution in [0.2, 0.25) is 0 Å². The first kappa shape index (κ1) is 18.2. The molecule has 2 aromatic carbocycles. The molecule has 0 N–H and O–H groups in total. The van der Waals surface area contributed by atoms with Crippen molar-refractivity contribution in [2.24, 2.45) is 0 Å². The maximum absolute atomic E-state index is 12.6. The summed E-state index contributed by atoms with van der Waals surface area (Å²) in [6.45, 7) is 2.23. The van der Waals surface area contributed by atoms with Gasteiger partial charge in [0, 0.05) is 18.4 Å². The third-order valence-corrected chi connectivity index (χ3v) is 5.14. The minimum absolute atomic E-state index is 0.0467. The van der Waals surface area contributed by atoms with Crippen molar-refractivity contribution >= 4 is 17.7 Å². The van der Waals surface area contributed by atoms with Crippen LogP contribution in [0.3, 0.4) is 0 Å². The van der Waals surface area contributed by atoms with Crippen molar-refractivity contribution in [3.63, 3.8) is 0 Å². The third-order valence-electron chi connectivity index (χ3n) is 3.94.